The molecule has 0 spiro atoms. The molecule has 0 unspecified atom stereocenters. The summed E-state index contributed by atoms with van der Waals surface area (Å²) in [6, 6.07) is 0. The molecule has 0 aliphatic rings. The number of Topliss-reactive ketones (excluding diaryl/α,β-unsaturated/α-hetero) is 1. The van der Waals surface area contributed by atoms with Crippen LogP contribution in [0.4, 0.5) is 4.39 Å². The predicted octanol–water partition coefficient (Wildman–Crippen LogP) is 0.909. The summed E-state index contributed by atoms with van der Waals surface area (Å²) in [6.45, 7) is 0.753. The molecule has 0 aromatic heterocycles. The Hall–Kier alpha value is -0.440. The predicted molar refractivity (Wildman–Crippen MR) is 27.2 cm³/mol. The Morgan fingerprint density at radius 2 is 2.38 bits per heavy atom. The van der Waals surface area contributed by atoms with E-state index >= 15 is 0 Å². The van der Waals surface area contributed by atoms with E-state index in [1.807, 2.05) is 0 Å². The Morgan fingerprint density at radius 1 is 1.75 bits per heavy atom. The highest BCUT2D eigenvalue weighted by Gasteiger charge is 1.94. The number of ether oxygens (including phenoxy) is 1. The first-order valence-corrected chi connectivity index (χ1v) is 2.46. The topological polar surface area (TPSA) is 26.3 Å². The first-order valence-electron chi connectivity index (χ1n) is 2.46. The van der Waals surface area contributed by atoms with Gasteiger partial charge >= 0.3 is 0 Å². The number of ketones is 1. The minimum Gasteiger partial charge on any atom is -0.343 e. The largest absolute Gasteiger partial charge is 0.343 e. The molecule has 0 saturated carbocycles. The molecule has 2 nitrogen and oxygen atoms in total. The highest BCUT2D eigenvalue weighted by molar-refractivity contribution is 5.79. The van der Waals surface area contributed by atoms with Crippen molar-refractivity contribution in [2.24, 2.45) is 0 Å². The van der Waals surface area contributed by atoms with Gasteiger partial charge in [0.25, 0.3) is 0 Å². The quantitative estimate of drug-likeness (QED) is 0.551. The molecule has 0 rings (SSSR count). The van der Waals surface area contributed by atoms with Crippen LogP contribution in [0, 0.1) is 0 Å². The van der Waals surface area contributed by atoms with Crippen molar-refractivity contribution in [1.29, 1.82) is 0 Å². The maximum atomic E-state index is 11.1. The van der Waals surface area contributed by atoms with Crippen LogP contribution in [-0.2, 0) is 9.53 Å². The molecular weight excluding hydrogens is 111 g/mol. The first-order chi connectivity index (χ1) is 3.81. The Kier molecular flexibility index (Phi) is 4.45. The van der Waals surface area contributed by atoms with Crippen LogP contribution in [0.25, 0.3) is 0 Å². The number of halogens is 1. The minimum absolute atomic E-state index is 0.0670. The summed E-state index contributed by atoms with van der Waals surface area (Å²) in [5.74, 6) is -0.0670. The summed E-state index contributed by atoms with van der Waals surface area (Å²) in [4.78, 5) is 10.3. The molecule has 0 aromatic rings. The molecule has 0 atom stereocenters. The Bertz CT molecular complexity index is 72.8. The number of rotatable bonds is 4. The average Bonchev–Trinajstić information content (AvgIpc) is 1.83. The zero-order valence-electron chi connectivity index (χ0n) is 4.82. The van der Waals surface area contributed by atoms with E-state index < -0.39 is 6.86 Å². The van der Waals surface area contributed by atoms with Crippen molar-refractivity contribution in [2.45, 2.75) is 13.3 Å². The number of hydrogen-bond donors (Lipinski definition) is 0. The van der Waals surface area contributed by atoms with Gasteiger partial charge in [-0.3, -0.25) is 4.79 Å². The molecule has 0 amide bonds. The molecule has 48 valence electrons. The average molecular weight is 120 g/mol. The van der Waals surface area contributed by atoms with E-state index in [1.165, 1.54) is 0 Å². The highest BCUT2D eigenvalue weighted by Crippen LogP contribution is 1.82. The van der Waals surface area contributed by atoms with Crippen molar-refractivity contribution in [3.05, 3.63) is 0 Å². The van der Waals surface area contributed by atoms with Gasteiger partial charge in [0.05, 0.1) is 0 Å². The van der Waals surface area contributed by atoms with Crippen LogP contribution in [0.5, 0.6) is 0 Å². The normalized spacial score (nSPS) is 9.25. The monoisotopic (exact) mass is 120 g/mol. The van der Waals surface area contributed by atoms with Gasteiger partial charge in [-0.2, -0.15) is 0 Å². The molecule has 0 aliphatic carbocycles. The molecule has 0 bridgehead atoms. The molecule has 0 radical (unpaired) electrons. The third kappa shape index (κ3) is 3.74. The molecule has 0 aromatic carbocycles. The van der Waals surface area contributed by atoms with Gasteiger partial charge in [-0.05, 0) is 0 Å². The van der Waals surface area contributed by atoms with Crippen LogP contribution in [0.2, 0.25) is 0 Å². The van der Waals surface area contributed by atoms with Gasteiger partial charge in [0.2, 0.25) is 0 Å². The van der Waals surface area contributed by atoms with Crippen LogP contribution in [0.1, 0.15) is 13.3 Å². The fourth-order valence-electron chi connectivity index (χ4n) is 0.254. The fourth-order valence-corrected chi connectivity index (χ4v) is 0.254. The summed E-state index contributed by atoms with van der Waals surface area (Å²) in [5.41, 5.74) is 0. The van der Waals surface area contributed by atoms with Gasteiger partial charge in [0, 0.05) is 6.42 Å². The summed E-state index contributed by atoms with van der Waals surface area (Å²) >= 11 is 0. The van der Waals surface area contributed by atoms with E-state index in [0.717, 1.165) is 0 Å². The fraction of sp³-hybridized carbons (Fsp3) is 0.800. The molecule has 3 heteroatoms. The van der Waals surface area contributed by atoms with Crippen LogP contribution < -0.4 is 0 Å². The van der Waals surface area contributed by atoms with E-state index in [9.17, 15) is 9.18 Å². The lowest BCUT2D eigenvalue weighted by molar-refractivity contribution is -0.124. The lowest BCUT2D eigenvalue weighted by atomic mass is 10.3. The Morgan fingerprint density at radius 3 is 2.75 bits per heavy atom. The first kappa shape index (κ1) is 7.56. The zero-order chi connectivity index (χ0) is 6.41. The van der Waals surface area contributed by atoms with Crippen molar-refractivity contribution in [2.75, 3.05) is 13.5 Å². The minimum atomic E-state index is -0.869. The molecule has 0 saturated heterocycles. The highest BCUT2D eigenvalue weighted by atomic mass is 19.1. The smallest absolute Gasteiger partial charge is 0.188 e. The molecule has 0 heterocycles. The van der Waals surface area contributed by atoms with E-state index in [0.29, 0.717) is 6.42 Å². The Labute approximate surface area is 47.6 Å². The van der Waals surface area contributed by atoms with Crippen molar-refractivity contribution >= 4 is 5.78 Å². The lowest BCUT2D eigenvalue weighted by Crippen LogP contribution is -2.05. The summed E-state index contributed by atoms with van der Waals surface area (Å²) < 4.78 is 15.3. The van der Waals surface area contributed by atoms with Crippen LogP contribution in [0.15, 0.2) is 0 Å². The van der Waals surface area contributed by atoms with E-state index in [-0.39, 0.29) is 12.4 Å². The summed E-state index contributed by atoms with van der Waals surface area (Å²) in [5, 5.41) is 0. The van der Waals surface area contributed by atoms with Crippen LogP contribution >= 0.6 is 0 Å². The third-order valence-electron chi connectivity index (χ3n) is 0.735. The number of hydrogen-bond acceptors (Lipinski definition) is 2. The maximum Gasteiger partial charge on any atom is 0.188 e. The van der Waals surface area contributed by atoms with Crippen LogP contribution in [0.3, 0.4) is 0 Å². The summed E-state index contributed by atoms with van der Waals surface area (Å²) in [6.07, 6.45) is 0.417. The Balaban J connectivity index is 2.99. The van der Waals surface area contributed by atoms with Gasteiger partial charge in [-0.25, -0.2) is 4.39 Å². The van der Waals surface area contributed by atoms with Gasteiger partial charge in [-0.15, -0.1) is 0 Å². The van der Waals surface area contributed by atoms with Gasteiger partial charge in [0.15, 0.2) is 12.6 Å². The molecule has 0 aliphatic heterocycles. The van der Waals surface area contributed by atoms with Gasteiger partial charge in [0.1, 0.15) is 6.61 Å². The second kappa shape index (κ2) is 4.71. The van der Waals surface area contributed by atoms with E-state index in [2.05, 4.69) is 4.74 Å². The van der Waals surface area contributed by atoms with Crippen molar-refractivity contribution in [3.63, 3.8) is 0 Å². The molecular formula is C5H9FO2. The van der Waals surface area contributed by atoms with Crippen molar-refractivity contribution in [3.8, 4) is 0 Å². The number of alkyl halides is 1. The molecule has 0 fully saturated rings. The molecule has 0 N–H and O–H groups in total. The van der Waals surface area contributed by atoms with Crippen LogP contribution in [-0.4, -0.2) is 19.3 Å². The maximum absolute atomic E-state index is 11.1. The standard InChI is InChI=1S/C5H9FO2/c1-2-5(7)3-8-4-6/h2-4H2,1H3. The van der Waals surface area contributed by atoms with Gasteiger partial charge in [-0.1, -0.05) is 6.92 Å². The van der Waals surface area contributed by atoms with Crippen molar-refractivity contribution in [1.82, 2.24) is 0 Å². The number of carbonyl (C=O) groups is 1. The van der Waals surface area contributed by atoms with Crippen molar-refractivity contribution < 1.29 is 13.9 Å². The zero-order valence-corrected chi connectivity index (χ0v) is 4.82. The second-order valence-corrected chi connectivity index (χ2v) is 1.35. The molecule has 8 heavy (non-hydrogen) atoms. The van der Waals surface area contributed by atoms with E-state index in [4.69, 9.17) is 0 Å². The second-order valence-electron chi connectivity index (χ2n) is 1.35. The van der Waals surface area contributed by atoms with Gasteiger partial charge < -0.3 is 4.74 Å². The third-order valence-corrected chi connectivity index (χ3v) is 0.735. The van der Waals surface area contributed by atoms with E-state index in [1.54, 1.807) is 6.92 Å². The lowest BCUT2D eigenvalue weighted by Gasteiger charge is -1.92. The summed E-state index contributed by atoms with van der Waals surface area (Å²) in [7, 11) is 0. The number of carbonyl (C=O) groups excluding carboxylic acids is 1. The SMILES string of the molecule is CCC(=O)COCF.